The van der Waals surface area contributed by atoms with Crippen LogP contribution in [0.2, 0.25) is 0 Å². The Morgan fingerprint density at radius 2 is 2.00 bits per heavy atom. The molecule has 3 unspecified atom stereocenters. The summed E-state index contributed by atoms with van der Waals surface area (Å²) in [6, 6.07) is 3.36. The molecule has 3 heterocycles. The number of carbonyl (C=O) groups excluding carboxylic acids is 1. The molecule has 10 nitrogen and oxygen atoms in total. The second kappa shape index (κ2) is 7.87. The third-order valence-electron chi connectivity index (χ3n) is 5.67. The number of aromatic nitrogens is 2. The number of hydrogen-bond donors (Lipinski definition) is 2. The molecule has 1 amide bonds. The second-order valence-corrected chi connectivity index (χ2v) is 9.86. The minimum absolute atomic E-state index is 0.0147. The molecule has 0 aliphatic carbocycles. The molecule has 0 saturated carbocycles. The summed E-state index contributed by atoms with van der Waals surface area (Å²) in [6.07, 6.45) is -4.50. The molecule has 4 rings (SSSR count). The van der Waals surface area contributed by atoms with Gasteiger partial charge < -0.3 is 15.8 Å². The van der Waals surface area contributed by atoms with Gasteiger partial charge in [-0.25, -0.2) is 32.1 Å². The van der Waals surface area contributed by atoms with Crippen molar-refractivity contribution in [1.82, 2.24) is 14.3 Å². The van der Waals surface area contributed by atoms with Crippen LogP contribution in [0.4, 0.5) is 23.2 Å². The summed E-state index contributed by atoms with van der Waals surface area (Å²) in [5.74, 6) is -2.09. The number of carbonyl (C=O) groups is 1. The number of aliphatic imine (C=N–C) groups is 1. The first-order chi connectivity index (χ1) is 15.8. The van der Waals surface area contributed by atoms with Crippen LogP contribution >= 0.6 is 0 Å². The van der Waals surface area contributed by atoms with E-state index in [0.717, 1.165) is 10.4 Å². The van der Waals surface area contributed by atoms with Crippen molar-refractivity contribution in [1.29, 1.82) is 0 Å². The van der Waals surface area contributed by atoms with Gasteiger partial charge in [-0.2, -0.15) is 13.2 Å². The number of rotatable bonds is 3. The average Bonchev–Trinajstić information content (AvgIpc) is 3.11. The predicted octanol–water partition coefficient (Wildman–Crippen LogP) is 1.46. The highest BCUT2D eigenvalue weighted by Crippen LogP contribution is 2.46. The molecule has 2 aromatic rings. The Morgan fingerprint density at radius 3 is 2.62 bits per heavy atom. The van der Waals surface area contributed by atoms with Crippen molar-refractivity contribution < 1.29 is 35.5 Å². The van der Waals surface area contributed by atoms with Gasteiger partial charge in [0, 0.05) is 18.3 Å². The van der Waals surface area contributed by atoms with Crippen molar-refractivity contribution in [2.24, 2.45) is 10.7 Å². The Hall–Kier alpha value is -3.33. The number of fused-ring (bicyclic) bond motifs is 1. The van der Waals surface area contributed by atoms with Crippen LogP contribution in [0.1, 0.15) is 28.7 Å². The molecule has 1 saturated heterocycles. The van der Waals surface area contributed by atoms with Gasteiger partial charge in [-0.15, -0.1) is 0 Å². The smallest absolute Gasteiger partial charge is 0.374 e. The third kappa shape index (κ3) is 3.73. The van der Waals surface area contributed by atoms with Gasteiger partial charge >= 0.3 is 6.18 Å². The normalized spacial score (nSPS) is 26.1. The summed E-state index contributed by atoms with van der Waals surface area (Å²) in [6.45, 7) is 1.23. The molecule has 0 bridgehead atoms. The first kappa shape index (κ1) is 23.8. The maximum Gasteiger partial charge on any atom is 0.434 e. The highest BCUT2D eigenvalue weighted by Gasteiger charge is 2.61. The second-order valence-electron chi connectivity index (χ2n) is 7.78. The van der Waals surface area contributed by atoms with Gasteiger partial charge in [0.2, 0.25) is 16.0 Å². The van der Waals surface area contributed by atoms with E-state index < -0.39 is 56.2 Å². The van der Waals surface area contributed by atoms with Crippen LogP contribution in [0, 0.1) is 5.82 Å². The molecular weight excluding hydrogens is 484 g/mol. The zero-order valence-corrected chi connectivity index (χ0v) is 18.5. The molecule has 182 valence electrons. The molecule has 15 heteroatoms. The van der Waals surface area contributed by atoms with Crippen molar-refractivity contribution in [3.63, 3.8) is 0 Å². The summed E-state index contributed by atoms with van der Waals surface area (Å²) in [7, 11) is -2.84. The van der Waals surface area contributed by atoms with E-state index >= 15 is 0 Å². The minimum Gasteiger partial charge on any atom is -0.374 e. The van der Waals surface area contributed by atoms with Gasteiger partial charge in [0.25, 0.3) is 5.91 Å². The Kier molecular flexibility index (Phi) is 5.51. The molecule has 2 aliphatic rings. The lowest BCUT2D eigenvalue weighted by molar-refractivity contribution is -0.141. The number of hydrogen-bond acceptors (Lipinski definition) is 8. The van der Waals surface area contributed by atoms with Gasteiger partial charge in [0.05, 0.1) is 25.1 Å². The van der Waals surface area contributed by atoms with Crippen LogP contribution in [0.5, 0.6) is 0 Å². The fraction of sp³-hybridized carbons (Fsp3) is 0.368. The fourth-order valence-corrected chi connectivity index (χ4v) is 5.93. The summed E-state index contributed by atoms with van der Waals surface area (Å²) < 4.78 is 85.4. The van der Waals surface area contributed by atoms with E-state index in [9.17, 15) is 30.8 Å². The number of halogens is 4. The molecule has 2 aliphatic heterocycles. The number of anilines is 1. The summed E-state index contributed by atoms with van der Waals surface area (Å²) in [5.41, 5.74) is 2.25. The zero-order valence-electron chi connectivity index (χ0n) is 17.7. The van der Waals surface area contributed by atoms with E-state index in [1.165, 1.54) is 26.1 Å². The van der Waals surface area contributed by atoms with Gasteiger partial charge in [-0.05, 0) is 25.1 Å². The molecule has 1 fully saturated rings. The number of nitrogens with zero attached hydrogens (tertiary/aromatic N) is 4. The lowest BCUT2D eigenvalue weighted by Gasteiger charge is -2.39. The van der Waals surface area contributed by atoms with Crippen molar-refractivity contribution in [2.75, 3.05) is 19.0 Å². The maximum atomic E-state index is 15.0. The van der Waals surface area contributed by atoms with E-state index in [4.69, 9.17) is 10.5 Å². The first-order valence-electron chi connectivity index (χ1n) is 9.72. The van der Waals surface area contributed by atoms with E-state index in [1.807, 2.05) is 0 Å². The van der Waals surface area contributed by atoms with Crippen LogP contribution < -0.4 is 11.1 Å². The molecule has 1 aromatic carbocycles. The topological polar surface area (TPSA) is 140 Å². The van der Waals surface area contributed by atoms with Crippen LogP contribution in [0.15, 0.2) is 35.6 Å². The standard InChI is InChI=1S/C19H18F4N6O4S/c1-9-15-18(8-33-9,28-17(24)29(2)34(15,31)32)11-5-10(3-4-12(11)20)27-16(30)13-6-26-14(7-25-13)19(21,22)23/h3-7,9,15H,8H2,1-2H3,(H2,24,28)(H,27,30). The number of nitrogens with one attached hydrogen (secondary N) is 1. The van der Waals surface area contributed by atoms with E-state index in [2.05, 4.69) is 20.3 Å². The van der Waals surface area contributed by atoms with Gasteiger partial charge in [-0.3, -0.25) is 4.79 Å². The van der Waals surface area contributed by atoms with Crippen LogP contribution in [0.3, 0.4) is 0 Å². The van der Waals surface area contributed by atoms with Crippen molar-refractivity contribution in [3.8, 4) is 0 Å². The minimum atomic E-state index is -4.72. The number of nitrogens with two attached hydrogens (primary N) is 1. The monoisotopic (exact) mass is 502 g/mol. The summed E-state index contributed by atoms with van der Waals surface area (Å²) in [5, 5.41) is 1.09. The quantitative estimate of drug-likeness (QED) is 0.606. The van der Waals surface area contributed by atoms with E-state index in [-0.39, 0.29) is 23.8 Å². The van der Waals surface area contributed by atoms with Gasteiger partial charge in [-0.1, -0.05) is 0 Å². The molecule has 1 aromatic heterocycles. The molecule has 34 heavy (non-hydrogen) atoms. The molecule has 3 atom stereocenters. The highest BCUT2D eigenvalue weighted by atomic mass is 32.2. The SMILES string of the molecule is CC1OCC2(c3cc(NC(=O)c4cnc(C(F)(F)F)cn4)ccc3F)N=C(N)N(C)S(=O)(=O)C12. The number of benzene rings is 1. The maximum absolute atomic E-state index is 15.0. The lowest BCUT2D eigenvalue weighted by atomic mass is 9.86. The Morgan fingerprint density at radius 1 is 1.29 bits per heavy atom. The number of amides is 1. The van der Waals surface area contributed by atoms with E-state index in [1.54, 1.807) is 0 Å². The fourth-order valence-electron chi connectivity index (χ4n) is 3.99. The molecule has 3 N–H and O–H groups in total. The molecule has 0 spiro atoms. The van der Waals surface area contributed by atoms with Crippen LogP contribution in [-0.2, 0) is 26.5 Å². The Balaban J connectivity index is 1.71. The van der Waals surface area contributed by atoms with Gasteiger partial charge in [0.15, 0.2) is 5.69 Å². The Bertz CT molecular complexity index is 1280. The van der Waals surface area contributed by atoms with Gasteiger partial charge in [0.1, 0.15) is 22.3 Å². The predicted molar refractivity (Wildman–Crippen MR) is 111 cm³/mol. The van der Waals surface area contributed by atoms with Crippen molar-refractivity contribution in [2.45, 2.75) is 30.0 Å². The lowest BCUT2D eigenvalue weighted by Crippen LogP contribution is -2.58. The number of ether oxygens (including phenoxy) is 1. The first-order valence-corrected chi connectivity index (χ1v) is 11.2. The van der Waals surface area contributed by atoms with Crippen LogP contribution in [0.25, 0.3) is 0 Å². The highest BCUT2D eigenvalue weighted by molar-refractivity contribution is 7.90. The van der Waals surface area contributed by atoms with E-state index in [0.29, 0.717) is 12.4 Å². The van der Waals surface area contributed by atoms with Crippen molar-refractivity contribution in [3.05, 3.63) is 53.4 Å². The number of guanidine groups is 1. The van der Waals surface area contributed by atoms with Crippen LogP contribution in [-0.4, -0.2) is 59.6 Å². The summed E-state index contributed by atoms with van der Waals surface area (Å²) >= 11 is 0. The molecule has 0 radical (unpaired) electrons. The third-order valence-corrected chi connectivity index (χ3v) is 8.03. The number of alkyl halides is 3. The molecular formula is C19H18F4N6O4S. The number of sulfonamides is 1. The largest absolute Gasteiger partial charge is 0.434 e. The van der Waals surface area contributed by atoms with Crippen molar-refractivity contribution >= 4 is 27.6 Å². The average molecular weight is 502 g/mol. The Labute approximate surface area is 190 Å². The summed E-state index contributed by atoms with van der Waals surface area (Å²) in [4.78, 5) is 23.4. The zero-order chi connectivity index (χ0) is 25.1.